The molecule has 0 bridgehead atoms. The number of rotatable bonds is 8. The summed E-state index contributed by atoms with van der Waals surface area (Å²) in [7, 11) is -3.28. The minimum atomic E-state index is -3.28. The normalized spacial score (nSPS) is 12.7. The van der Waals surface area contributed by atoms with Crippen molar-refractivity contribution in [3.05, 3.63) is 0 Å². The Bertz CT molecular complexity index is 248. The van der Waals surface area contributed by atoms with Crippen LogP contribution in [0.15, 0.2) is 0 Å². The quantitative estimate of drug-likeness (QED) is 0.591. The Balaban J connectivity index is 3.94. The van der Waals surface area contributed by atoms with Crippen LogP contribution >= 0.6 is 0 Å². The van der Waals surface area contributed by atoms with Crippen LogP contribution in [0, 0.1) is 0 Å². The van der Waals surface area contributed by atoms with Crippen LogP contribution in [0.25, 0.3) is 0 Å². The van der Waals surface area contributed by atoms with E-state index in [9.17, 15) is 8.42 Å². The summed E-state index contributed by atoms with van der Waals surface area (Å²) in [5.41, 5.74) is 0. The molecule has 15 heavy (non-hydrogen) atoms. The van der Waals surface area contributed by atoms with E-state index in [1.165, 1.54) is 4.31 Å². The van der Waals surface area contributed by atoms with Gasteiger partial charge >= 0.3 is 0 Å². The van der Waals surface area contributed by atoms with E-state index in [1.807, 2.05) is 27.7 Å². The number of hydrogen-bond acceptors (Lipinski definition) is 3. The van der Waals surface area contributed by atoms with Crippen molar-refractivity contribution in [3.63, 3.8) is 0 Å². The van der Waals surface area contributed by atoms with E-state index in [1.54, 1.807) is 0 Å². The van der Waals surface area contributed by atoms with Gasteiger partial charge in [-0.15, -0.1) is 0 Å². The zero-order chi connectivity index (χ0) is 11.9. The Morgan fingerprint density at radius 3 is 2.07 bits per heavy atom. The second-order valence-corrected chi connectivity index (χ2v) is 5.35. The summed E-state index contributed by atoms with van der Waals surface area (Å²) in [6.45, 7) is 9.80. The minimum absolute atomic E-state index is 0.378. The Morgan fingerprint density at radius 2 is 1.67 bits per heavy atom. The van der Waals surface area contributed by atoms with E-state index < -0.39 is 10.2 Å². The van der Waals surface area contributed by atoms with Crippen molar-refractivity contribution < 1.29 is 8.42 Å². The van der Waals surface area contributed by atoms with Gasteiger partial charge in [0.05, 0.1) is 0 Å². The van der Waals surface area contributed by atoms with Crippen LogP contribution in [0.2, 0.25) is 0 Å². The van der Waals surface area contributed by atoms with Crippen LogP contribution < -0.4 is 10.0 Å². The van der Waals surface area contributed by atoms with Gasteiger partial charge in [0, 0.05) is 32.2 Å². The van der Waals surface area contributed by atoms with Crippen molar-refractivity contribution in [2.75, 3.05) is 26.2 Å². The molecule has 0 aliphatic rings. The van der Waals surface area contributed by atoms with Gasteiger partial charge in [0.2, 0.25) is 0 Å². The molecule has 0 rings (SSSR count). The van der Waals surface area contributed by atoms with Crippen molar-refractivity contribution in [3.8, 4) is 0 Å². The first-order valence-electron chi connectivity index (χ1n) is 5.42. The van der Waals surface area contributed by atoms with Gasteiger partial charge in [0.15, 0.2) is 0 Å². The molecule has 0 aliphatic carbocycles. The third-order valence-corrected chi connectivity index (χ3v) is 3.77. The number of hydrogen-bond donors (Lipinski definition) is 2. The molecule has 0 aromatic heterocycles. The van der Waals surface area contributed by atoms with Gasteiger partial charge in [0.1, 0.15) is 0 Å². The maximum atomic E-state index is 11.6. The highest BCUT2D eigenvalue weighted by Crippen LogP contribution is 1.95. The molecule has 6 heteroatoms. The van der Waals surface area contributed by atoms with Crippen molar-refractivity contribution in [1.82, 2.24) is 14.3 Å². The average Bonchev–Trinajstić information content (AvgIpc) is 2.14. The van der Waals surface area contributed by atoms with Crippen molar-refractivity contribution in [1.29, 1.82) is 0 Å². The average molecular weight is 237 g/mol. The second kappa shape index (κ2) is 7.16. The third kappa shape index (κ3) is 6.09. The number of nitrogens with zero attached hydrogens (tertiary/aromatic N) is 1. The molecule has 92 valence electrons. The molecule has 0 heterocycles. The predicted molar refractivity (Wildman–Crippen MR) is 63.0 cm³/mol. The summed E-state index contributed by atoms with van der Waals surface area (Å²) in [5, 5.41) is 3.15. The smallest absolute Gasteiger partial charge is 0.279 e. The predicted octanol–water partition coefficient (Wildman–Crippen LogP) is 0.161. The summed E-state index contributed by atoms with van der Waals surface area (Å²) >= 11 is 0. The fraction of sp³-hybridized carbons (Fsp3) is 1.00. The maximum absolute atomic E-state index is 11.6. The van der Waals surface area contributed by atoms with Crippen LogP contribution in [0.3, 0.4) is 0 Å². The first kappa shape index (κ1) is 14.8. The van der Waals surface area contributed by atoms with Crippen LogP contribution in [0.5, 0.6) is 0 Å². The molecular formula is C9H23N3O2S. The molecule has 0 radical (unpaired) electrons. The van der Waals surface area contributed by atoms with E-state index in [4.69, 9.17) is 0 Å². The summed E-state index contributed by atoms with van der Waals surface area (Å²) in [4.78, 5) is 0. The van der Waals surface area contributed by atoms with Gasteiger partial charge in [-0.3, -0.25) is 0 Å². The van der Waals surface area contributed by atoms with E-state index >= 15 is 0 Å². The van der Waals surface area contributed by atoms with E-state index in [2.05, 4.69) is 10.0 Å². The molecule has 2 N–H and O–H groups in total. The van der Waals surface area contributed by atoms with E-state index in [0.717, 1.165) is 0 Å². The highest BCUT2D eigenvalue weighted by atomic mass is 32.2. The van der Waals surface area contributed by atoms with Gasteiger partial charge in [0.25, 0.3) is 10.2 Å². The zero-order valence-corrected chi connectivity index (χ0v) is 10.9. The van der Waals surface area contributed by atoms with Crippen LogP contribution in [-0.2, 0) is 10.2 Å². The largest absolute Gasteiger partial charge is 0.313 e. The van der Waals surface area contributed by atoms with Gasteiger partial charge < -0.3 is 5.32 Å². The molecule has 5 nitrogen and oxygen atoms in total. The highest BCUT2D eigenvalue weighted by Gasteiger charge is 2.16. The Morgan fingerprint density at radius 1 is 1.13 bits per heavy atom. The molecule has 0 spiro atoms. The van der Waals surface area contributed by atoms with E-state index in [0.29, 0.717) is 32.2 Å². The molecule has 0 aromatic carbocycles. The minimum Gasteiger partial charge on any atom is -0.313 e. The summed E-state index contributed by atoms with van der Waals surface area (Å²) in [6, 6.07) is 0.378. The van der Waals surface area contributed by atoms with Gasteiger partial charge in [-0.1, -0.05) is 27.7 Å². The maximum Gasteiger partial charge on any atom is 0.279 e. The zero-order valence-electron chi connectivity index (χ0n) is 10.1. The molecule has 0 atom stereocenters. The monoisotopic (exact) mass is 237 g/mol. The molecule has 0 aromatic rings. The fourth-order valence-electron chi connectivity index (χ4n) is 1.20. The van der Waals surface area contributed by atoms with Crippen molar-refractivity contribution in [2.24, 2.45) is 0 Å². The van der Waals surface area contributed by atoms with Crippen LogP contribution in [0.4, 0.5) is 0 Å². The molecule has 0 saturated carbocycles. The molecular weight excluding hydrogens is 214 g/mol. The molecule has 0 fully saturated rings. The Labute approximate surface area is 93.4 Å². The first-order chi connectivity index (χ1) is 6.94. The highest BCUT2D eigenvalue weighted by molar-refractivity contribution is 7.87. The summed E-state index contributed by atoms with van der Waals surface area (Å²) in [5.74, 6) is 0. The second-order valence-electron chi connectivity index (χ2n) is 3.59. The SMILES string of the molecule is CCN(CC)S(=O)(=O)NCCNC(C)C. The molecule has 0 aliphatic heterocycles. The lowest BCUT2D eigenvalue weighted by Crippen LogP contribution is -2.43. The molecule has 0 amide bonds. The van der Waals surface area contributed by atoms with Gasteiger partial charge in [-0.2, -0.15) is 12.7 Å². The van der Waals surface area contributed by atoms with Gasteiger partial charge in [-0.25, -0.2) is 4.72 Å². The number of nitrogens with one attached hydrogen (secondary N) is 2. The Kier molecular flexibility index (Phi) is 7.08. The fourth-order valence-corrected chi connectivity index (χ4v) is 2.42. The van der Waals surface area contributed by atoms with Crippen LogP contribution in [0.1, 0.15) is 27.7 Å². The third-order valence-electron chi connectivity index (χ3n) is 2.01. The standard InChI is InChI=1S/C9H23N3O2S/c1-5-12(6-2)15(13,14)11-8-7-10-9(3)4/h9-11H,5-8H2,1-4H3. The van der Waals surface area contributed by atoms with Crippen LogP contribution in [-0.4, -0.2) is 44.9 Å². The lowest BCUT2D eigenvalue weighted by atomic mass is 10.4. The van der Waals surface area contributed by atoms with Crippen molar-refractivity contribution in [2.45, 2.75) is 33.7 Å². The molecule has 0 saturated heterocycles. The summed E-state index contributed by atoms with van der Waals surface area (Å²) < 4.78 is 27.2. The van der Waals surface area contributed by atoms with Gasteiger partial charge in [-0.05, 0) is 0 Å². The Hall–Kier alpha value is -0.170. The van der Waals surface area contributed by atoms with Crippen molar-refractivity contribution >= 4 is 10.2 Å². The molecule has 0 unspecified atom stereocenters. The topological polar surface area (TPSA) is 61.4 Å². The summed E-state index contributed by atoms with van der Waals surface area (Å²) in [6.07, 6.45) is 0. The lowest BCUT2D eigenvalue weighted by Gasteiger charge is -2.19. The first-order valence-corrected chi connectivity index (χ1v) is 6.86. The van der Waals surface area contributed by atoms with E-state index in [-0.39, 0.29) is 0 Å². The lowest BCUT2D eigenvalue weighted by molar-refractivity contribution is 0.433.